The van der Waals surface area contributed by atoms with Gasteiger partial charge in [-0.25, -0.2) is 9.78 Å². The lowest BCUT2D eigenvalue weighted by atomic mass is 10.0. The Balaban J connectivity index is 1.91. The Morgan fingerprint density at radius 1 is 1.38 bits per heavy atom. The number of esters is 1. The molecule has 0 aromatic carbocycles. The zero-order valence-electron chi connectivity index (χ0n) is 12.0. The smallest absolute Gasteiger partial charge is 0.363 e. The van der Waals surface area contributed by atoms with Crippen molar-refractivity contribution in [1.29, 1.82) is 0 Å². The summed E-state index contributed by atoms with van der Waals surface area (Å²) in [5.41, 5.74) is 7.13. The van der Waals surface area contributed by atoms with Gasteiger partial charge in [-0.15, -0.1) is 5.10 Å². The molecule has 0 bridgehead atoms. The lowest BCUT2D eigenvalue weighted by Gasteiger charge is -2.06. The number of fused-ring (bicyclic) bond motifs is 1. The average molecular weight is 307 g/mol. The number of carbonyl (C=O) groups excluding carboxylic acids is 1. The van der Waals surface area contributed by atoms with Crippen molar-refractivity contribution in [2.45, 2.75) is 45.6 Å². The van der Waals surface area contributed by atoms with Gasteiger partial charge in [0.25, 0.3) is 0 Å². The summed E-state index contributed by atoms with van der Waals surface area (Å²) >= 11 is 1.56. The molecule has 112 valence electrons. The molecule has 2 N–H and O–H groups in total. The lowest BCUT2D eigenvalue weighted by Crippen LogP contribution is -2.14. The molecule has 0 amide bonds. The Hall–Kier alpha value is -1.96. The third-order valence-electron chi connectivity index (χ3n) is 3.26. The maximum absolute atomic E-state index is 11.9. The van der Waals surface area contributed by atoms with Crippen molar-refractivity contribution in [1.82, 2.24) is 20.0 Å². The van der Waals surface area contributed by atoms with Crippen LogP contribution in [0, 0.1) is 0 Å². The molecule has 2 aromatic heterocycles. The number of nitrogens with two attached hydrogens (primary N) is 1. The Bertz CT molecular complexity index is 653. The van der Waals surface area contributed by atoms with Gasteiger partial charge < -0.3 is 10.5 Å². The molecule has 0 atom stereocenters. The first-order valence-corrected chi connectivity index (χ1v) is 7.79. The minimum atomic E-state index is -0.560. The molecule has 7 nitrogen and oxygen atoms in total. The summed E-state index contributed by atoms with van der Waals surface area (Å²) in [4.78, 5) is 17.7. The van der Waals surface area contributed by atoms with E-state index in [1.54, 1.807) is 25.2 Å². The number of carbonyl (C=O) groups is 1. The zero-order chi connectivity index (χ0) is 15.0. The van der Waals surface area contributed by atoms with Gasteiger partial charge in [0, 0.05) is 4.88 Å². The number of rotatable bonds is 3. The van der Waals surface area contributed by atoms with E-state index in [0.29, 0.717) is 5.13 Å². The summed E-state index contributed by atoms with van der Waals surface area (Å²) < 4.78 is 6.51. The normalized spacial score (nSPS) is 14.2. The van der Waals surface area contributed by atoms with Crippen molar-refractivity contribution >= 4 is 23.1 Å². The first-order valence-electron chi connectivity index (χ1n) is 6.97. The Kier molecular flexibility index (Phi) is 3.62. The molecular formula is C13H17N5O2S. The van der Waals surface area contributed by atoms with E-state index in [1.165, 1.54) is 16.0 Å². The van der Waals surface area contributed by atoms with Gasteiger partial charge in [-0.1, -0.05) is 16.6 Å². The van der Waals surface area contributed by atoms with Crippen molar-refractivity contribution in [3.63, 3.8) is 0 Å². The molecule has 0 saturated carbocycles. The highest BCUT2D eigenvalue weighted by molar-refractivity contribution is 7.14. The topological polar surface area (TPSA) is 95.9 Å². The molecule has 0 saturated heterocycles. The fraction of sp³-hybridized carbons (Fsp3) is 0.538. The first kappa shape index (κ1) is 14.0. The number of hydrogen-bond acceptors (Lipinski definition) is 7. The monoisotopic (exact) mass is 307 g/mol. The second-order valence-electron chi connectivity index (χ2n) is 5.26. The second kappa shape index (κ2) is 5.44. The molecule has 0 radical (unpaired) electrons. The number of thiazole rings is 1. The highest BCUT2D eigenvalue weighted by atomic mass is 32.1. The van der Waals surface area contributed by atoms with E-state index < -0.39 is 5.97 Å². The highest BCUT2D eigenvalue weighted by Crippen LogP contribution is 2.29. The van der Waals surface area contributed by atoms with Crippen LogP contribution in [0.25, 0.3) is 5.13 Å². The SMILES string of the molecule is CC(C)OC(=O)c1nnn(-c2nc3c(s2)CCCC3)c1N. The second-order valence-corrected chi connectivity index (χ2v) is 6.32. The molecule has 1 aliphatic carbocycles. The fourth-order valence-corrected chi connectivity index (χ4v) is 3.38. The highest BCUT2D eigenvalue weighted by Gasteiger charge is 2.23. The van der Waals surface area contributed by atoms with Crippen LogP contribution in [0.1, 0.15) is 47.7 Å². The van der Waals surface area contributed by atoms with Crippen LogP contribution >= 0.6 is 11.3 Å². The van der Waals surface area contributed by atoms with Crippen LogP contribution in [0.15, 0.2) is 0 Å². The van der Waals surface area contributed by atoms with Crippen LogP contribution in [0.3, 0.4) is 0 Å². The van der Waals surface area contributed by atoms with E-state index in [4.69, 9.17) is 10.5 Å². The quantitative estimate of drug-likeness (QED) is 0.868. The van der Waals surface area contributed by atoms with E-state index in [0.717, 1.165) is 25.0 Å². The third kappa shape index (κ3) is 2.63. The first-order chi connectivity index (χ1) is 10.1. The zero-order valence-corrected chi connectivity index (χ0v) is 12.8. The lowest BCUT2D eigenvalue weighted by molar-refractivity contribution is 0.0372. The van der Waals surface area contributed by atoms with Crippen molar-refractivity contribution < 1.29 is 9.53 Å². The van der Waals surface area contributed by atoms with Crippen LogP contribution in [-0.4, -0.2) is 32.1 Å². The van der Waals surface area contributed by atoms with Crippen molar-refractivity contribution in [3.8, 4) is 5.13 Å². The average Bonchev–Trinajstić information content (AvgIpc) is 3.00. The van der Waals surface area contributed by atoms with Crippen molar-refractivity contribution in [2.24, 2.45) is 0 Å². The van der Waals surface area contributed by atoms with Crippen LogP contribution in [0.2, 0.25) is 0 Å². The number of nitrogen functional groups attached to an aromatic ring is 1. The third-order valence-corrected chi connectivity index (χ3v) is 4.39. The number of aromatic nitrogens is 4. The molecular weight excluding hydrogens is 290 g/mol. The van der Waals surface area contributed by atoms with Gasteiger partial charge in [0.15, 0.2) is 5.82 Å². The molecule has 2 aromatic rings. The van der Waals surface area contributed by atoms with Crippen LogP contribution in [0.5, 0.6) is 0 Å². The van der Waals surface area contributed by atoms with Gasteiger partial charge in [-0.05, 0) is 39.5 Å². The van der Waals surface area contributed by atoms with Crippen LogP contribution in [0.4, 0.5) is 5.82 Å². The predicted octanol–water partition coefficient (Wildman–Crippen LogP) is 1.75. The van der Waals surface area contributed by atoms with Gasteiger partial charge in [0.1, 0.15) is 0 Å². The molecule has 21 heavy (non-hydrogen) atoms. The minimum absolute atomic E-state index is 0.0388. The maximum Gasteiger partial charge on any atom is 0.363 e. The molecule has 0 aliphatic heterocycles. The predicted molar refractivity (Wildman–Crippen MR) is 78.6 cm³/mol. The van der Waals surface area contributed by atoms with Crippen LogP contribution < -0.4 is 5.73 Å². The fourth-order valence-electron chi connectivity index (χ4n) is 2.27. The molecule has 3 rings (SSSR count). The Labute approximate surface area is 126 Å². The molecule has 8 heteroatoms. The van der Waals surface area contributed by atoms with Gasteiger partial charge in [-0.3, -0.25) is 0 Å². The molecule has 2 heterocycles. The van der Waals surface area contributed by atoms with E-state index in [9.17, 15) is 4.79 Å². The minimum Gasteiger partial charge on any atom is -0.458 e. The summed E-state index contributed by atoms with van der Waals surface area (Å²) in [6.45, 7) is 3.54. The van der Waals surface area contributed by atoms with Gasteiger partial charge >= 0.3 is 5.97 Å². The van der Waals surface area contributed by atoms with E-state index in [1.807, 2.05) is 0 Å². The summed E-state index contributed by atoms with van der Waals surface area (Å²) in [5.74, 6) is -0.387. The number of hydrogen-bond donors (Lipinski definition) is 1. The summed E-state index contributed by atoms with van der Waals surface area (Å²) in [5, 5.41) is 8.44. The molecule has 0 unspecified atom stereocenters. The Morgan fingerprint density at radius 2 is 2.14 bits per heavy atom. The van der Waals surface area contributed by atoms with Gasteiger partial charge in [0.2, 0.25) is 10.8 Å². The van der Waals surface area contributed by atoms with Gasteiger partial charge in [0.05, 0.1) is 11.8 Å². The number of ether oxygens (including phenoxy) is 1. The molecule has 0 fully saturated rings. The summed E-state index contributed by atoms with van der Waals surface area (Å²) in [7, 11) is 0. The van der Waals surface area contributed by atoms with E-state index >= 15 is 0 Å². The number of anilines is 1. The van der Waals surface area contributed by atoms with Crippen LogP contribution in [-0.2, 0) is 17.6 Å². The standard InChI is InChI=1S/C13H17N5O2S/c1-7(2)20-12(19)10-11(14)18(17-16-10)13-15-8-5-3-4-6-9(8)21-13/h7H,3-6,14H2,1-2H3. The Morgan fingerprint density at radius 3 is 2.86 bits per heavy atom. The van der Waals surface area contributed by atoms with E-state index in [2.05, 4.69) is 15.3 Å². The van der Waals surface area contributed by atoms with Gasteiger partial charge in [-0.2, -0.15) is 4.68 Å². The summed E-state index contributed by atoms with van der Waals surface area (Å²) in [6, 6.07) is 0. The summed E-state index contributed by atoms with van der Waals surface area (Å²) in [6.07, 6.45) is 4.16. The number of nitrogens with zero attached hydrogens (tertiary/aromatic N) is 4. The maximum atomic E-state index is 11.9. The number of aryl methyl sites for hydroxylation is 2. The largest absolute Gasteiger partial charge is 0.458 e. The van der Waals surface area contributed by atoms with Crippen molar-refractivity contribution in [3.05, 3.63) is 16.3 Å². The molecule has 1 aliphatic rings. The van der Waals surface area contributed by atoms with Crippen molar-refractivity contribution in [2.75, 3.05) is 5.73 Å². The van der Waals surface area contributed by atoms with E-state index in [-0.39, 0.29) is 17.6 Å². The molecule has 0 spiro atoms.